The number of hydrogen-bond donors (Lipinski definition) is 1. The van der Waals surface area contributed by atoms with Crippen molar-refractivity contribution in [2.24, 2.45) is 0 Å². The van der Waals surface area contributed by atoms with Crippen molar-refractivity contribution in [1.29, 1.82) is 0 Å². The van der Waals surface area contributed by atoms with Gasteiger partial charge in [0.1, 0.15) is 6.54 Å². The SMILES string of the molecule is Cc1ccccc1CSCCCNC(=O)CN(c1cccc(C)c1C)S(=O)(=O)c1ccccc1. The number of rotatable bonds is 11. The van der Waals surface area contributed by atoms with Crippen LogP contribution in [0, 0.1) is 20.8 Å². The lowest BCUT2D eigenvalue weighted by molar-refractivity contribution is -0.119. The van der Waals surface area contributed by atoms with Gasteiger partial charge in [-0.15, -0.1) is 0 Å². The zero-order chi connectivity index (χ0) is 24.6. The lowest BCUT2D eigenvalue weighted by Crippen LogP contribution is -2.41. The van der Waals surface area contributed by atoms with Crippen LogP contribution in [0.4, 0.5) is 5.69 Å². The van der Waals surface area contributed by atoms with Gasteiger partial charge < -0.3 is 5.32 Å². The number of nitrogens with zero attached hydrogens (tertiary/aromatic N) is 1. The predicted octanol–water partition coefficient (Wildman–Crippen LogP) is 5.25. The molecule has 5 nitrogen and oxygen atoms in total. The van der Waals surface area contributed by atoms with Gasteiger partial charge in [-0.3, -0.25) is 9.10 Å². The Bertz CT molecular complexity index is 1210. The molecule has 180 valence electrons. The number of hydrogen-bond acceptors (Lipinski definition) is 4. The summed E-state index contributed by atoms with van der Waals surface area (Å²) in [5.74, 6) is 1.54. The summed E-state index contributed by atoms with van der Waals surface area (Å²) in [6.45, 7) is 6.16. The second-order valence-corrected chi connectivity index (χ2v) is 11.2. The molecule has 0 saturated carbocycles. The molecule has 3 aromatic carbocycles. The fourth-order valence-corrected chi connectivity index (χ4v) is 6.10. The highest BCUT2D eigenvalue weighted by Crippen LogP contribution is 2.28. The van der Waals surface area contributed by atoms with Gasteiger partial charge in [0.2, 0.25) is 5.91 Å². The highest BCUT2D eigenvalue weighted by Gasteiger charge is 2.28. The Morgan fingerprint density at radius 1 is 0.882 bits per heavy atom. The molecule has 0 unspecified atom stereocenters. The van der Waals surface area contributed by atoms with Crippen LogP contribution >= 0.6 is 11.8 Å². The van der Waals surface area contributed by atoms with E-state index in [-0.39, 0.29) is 17.3 Å². The molecule has 0 aliphatic carbocycles. The smallest absolute Gasteiger partial charge is 0.264 e. The Kier molecular flexibility index (Phi) is 9.19. The fraction of sp³-hybridized carbons (Fsp3) is 0.296. The minimum atomic E-state index is -3.89. The van der Waals surface area contributed by atoms with E-state index >= 15 is 0 Å². The first-order valence-electron chi connectivity index (χ1n) is 11.3. The van der Waals surface area contributed by atoms with Crippen LogP contribution in [-0.2, 0) is 20.6 Å². The van der Waals surface area contributed by atoms with Crippen LogP contribution in [0.1, 0.15) is 28.7 Å². The normalized spacial score (nSPS) is 11.3. The number of benzene rings is 3. The molecular formula is C27H32N2O3S2. The third-order valence-corrected chi connectivity index (χ3v) is 8.64. The third kappa shape index (κ3) is 6.64. The third-order valence-electron chi connectivity index (χ3n) is 5.77. The number of nitrogens with one attached hydrogen (secondary N) is 1. The summed E-state index contributed by atoms with van der Waals surface area (Å²) in [6.07, 6.45) is 0.817. The summed E-state index contributed by atoms with van der Waals surface area (Å²) in [6, 6.07) is 22.1. The van der Waals surface area contributed by atoms with Crippen LogP contribution in [0.25, 0.3) is 0 Å². The Morgan fingerprint density at radius 3 is 2.29 bits per heavy atom. The Hall–Kier alpha value is -2.77. The topological polar surface area (TPSA) is 66.5 Å². The molecule has 0 aromatic heterocycles. The summed E-state index contributed by atoms with van der Waals surface area (Å²) in [7, 11) is -3.89. The van der Waals surface area contributed by atoms with Crippen LogP contribution in [-0.4, -0.2) is 33.2 Å². The van der Waals surface area contributed by atoms with Crippen LogP contribution < -0.4 is 9.62 Å². The molecule has 0 radical (unpaired) electrons. The average molecular weight is 497 g/mol. The first-order chi connectivity index (χ1) is 16.3. The maximum Gasteiger partial charge on any atom is 0.264 e. The van der Waals surface area contributed by atoms with Crippen LogP contribution in [0.5, 0.6) is 0 Å². The van der Waals surface area contributed by atoms with Crippen molar-refractivity contribution in [3.8, 4) is 0 Å². The van der Waals surface area contributed by atoms with Gasteiger partial charge in [0.15, 0.2) is 0 Å². The molecule has 3 rings (SSSR count). The monoisotopic (exact) mass is 496 g/mol. The van der Waals surface area contributed by atoms with Crippen molar-refractivity contribution in [3.05, 3.63) is 95.1 Å². The van der Waals surface area contributed by atoms with Crippen LogP contribution in [0.15, 0.2) is 77.7 Å². The van der Waals surface area contributed by atoms with E-state index in [4.69, 9.17) is 0 Å². The maximum atomic E-state index is 13.5. The van der Waals surface area contributed by atoms with E-state index in [1.807, 2.05) is 49.9 Å². The molecule has 0 saturated heterocycles. The lowest BCUT2D eigenvalue weighted by Gasteiger charge is -2.26. The maximum absolute atomic E-state index is 13.5. The zero-order valence-electron chi connectivity index (χ0n) is 20.0. The van der Waals surface area contributed by atoms with Gasteiger partial charge in [-0.25, -0.2) is 8.42 Å². The largest absolute Gasteiger partial charge is 0.354 e. The van der Waals surface area contributed by atoms with Gasteiger partial charge in [-0.1, -0.05) is 54.6 Å². The first kappa shape index (κ1) is 25.8. The highest BCUT2D eigenvalue weighted by molar-refractivity contribution is 7.98. The van der Waals surface area contributed by atoms with E-state index in [2.05, 4.69) is 24.4 Å². The van der Waals surface area contributed by atoms with Crippen molar-refractivity contribution in [1.82, 2.24) is 5.32 Å². The van der Waals surface area contributed by atoms with E-state index in [0.29, 0.717) is 12.2 Å². The van der Waals surface area contributed by atoms with Crippen molar-refractivity contribution in [2.45, 2.75) is 37.8 Å². The average Bonchev–Trinajstić information content (AvgIpc) is 2.83. The zero-order valence-corrected chi connectivity index (χ0v) is 21.6. The molecule has 0 heterocycles. The fourth-order valence-electron chi connectivity index (χ4n) is 3.57. The van der Waals surface area contributed by atoms with E-state index in [9.17, 15) is 13.2 Å². The molecule has 1 amide bonds. The molecule has 0 aliphatic heterocycles. The Balaban J connectivity index is 1.62. The minimum absolute atomic E-state index is 0.163. The van der Waals surface area contributed by atoms with Crippen molar-refractivity contribution in [2.75, 3.05) is 23.1 Å². The molecular weight excluding hydrogens is 464 g/mol. The number of anilines is 1. The van der Waals surface area contributed by atoms with Crippen molar-refractivity contribution >= 4 is 33.4 Å². The van der Waals surface area contributed by atoms with E-state index in [1.165, 1.54) is 15.4 Å². The van der Waals surface area contributed by atoms with Gasteiger partial charge in [0, 0.05) is 12.3 Å². The number of aryl methyl sites for hydroxylation is 2. The van der Waals surface area contributed by atoms with E-state index in [0.717, 1.165) is 29.1 Å². The summed E-state index contributed by atoms with van der Waals surface area (Å²) >= 11 is 1.83. The molecule has 0 bridgehead atoms. The highest BCUT2D eigenvalue weighted by atomic mass is 32.2. The summed E-state index contributed by atoms with van der Waals surface area (Å²) in [5.41, 5.74) is 4.94. The van der Waals surface area contributed by atoms with Gasteiger partial charge in [0.25, 0.3) is 10.0 Å². The second-order valence-electron chi connectivity index (χ2n) is 8.23. The van der Waals surface area contributed by atoms with Gasteiger partial charge in [-0.05, 0) is 73.4 Å². The lowest BCUT2D eigenvalue weighted by atomic mass is 10.1. The van der Waals surface area contributed by atoms with Crippen LogP contribution in [0.3, 0.4) is 0 Å². The summed E-state index contributed by atoms with van der Waals surface area (Å²) in [5, 5.41) is 2.89. The number of sulfonamides is 1. The number of thioether (sulfide) groups is 1. The molecule has 7 heteroatoms. The van der Waals surface area contributed by atoms with Crippen molar-refractivity contribution < 1.29 is 13.2 Å². The van der Waals surface area contributed by atoms with Gasteiger partial charge in [-0.2, -0.15) is 11.8 Å². The molecule has 0 aliphatic rings. The standard InChI is InChI=1S/C27H32N2O3S2/c1-21-12-9-16-26(23(21)3)29(34(31,32)25-14-5-4-6-15-25)19-27(30)28-17-10-18-33-20-24-13-8-7-11-22(24)2/h4-9,11-16H,10,17-20H2,1-3H3,(H,28,30). The van der Waals surface area contributed by atoms with Crippen LogP contribution in [0.2, 0.25) is 0 Å². The molecule has 1 N–H and O–H groups in total. The molecule has 0 spiro atoms. The number of amides is 1. The Labute approximate surface area is 207 Å². The molecule has 3 aromatic rings. The first-order valence-corrected chi connectivity index (χ1v) is 13.9. The predicted molar refractivity (Wildman–Crippen MR) is 142 cm³/mol. The van der Waals surface area contributed by atoms with Crippen molar-refractivity contribution in [3.63, 3.8) is 0 Å². The minimum Gasteiger partial charge on any atom is -0.354 e. The summed E-state index contributed by atoms with van der Waals surface area (Å²) in [4.78, 5) is 12.9. The quantitative estimate of drug-likeness (QED) is 0.368. The number of carbonyl (C=O) groups is 1. The molecule has 0 atom stereocenters. The molecule has 0 fully saturated rings. The van der Waals surface area contributed by atoms with E-state index in [1.54, 1.807) is 36.4 Å². The van der Waals surface area contributed by atoms with Gasteiger partial charge >= 0.3 is 0 Å². The second kappa shape index (κ2) is 12.1. The summed E-state index contributed by atoms with van der Waals surface area (Å²) < 4.78 is 28.1. The number of carbonyl (C=O) groups excluding carboxylic acids is 1. The van der Waals surface area contributed by atoms with E-state index < -0.39 is 10.0 Å². The molecule has 34 heavy (non-hydrogen) atoms. The van der Waals surface area contributed by atoms with Gasteiger partial charge in [0.05, 0.1) is 10.6 Å². The Morgan fingerprint density at radius 2 is 1.56 bits per heavy atom.